The number of nitrogens with one attached hydrogen (secondary N) is 1. The number of carbonyl (C=O) groups excluding carboxylic acids is 1. The van der Waals surface area contributed by atoms with Crippen molar-refractivity contribution in [3.05, 3.63) is 0 Å². The third-order valence-corrected chi connectivity index (χ3v) is 6.30. The number of rotatable bonds is 5. The Balaban J connectivity index is 2.04. The average molecular weight is 304 g/mol. The number of sulfone groups is 1. The molecule has 116 valence electrons. The highest BCUT2D eigenvalue weighted by Crippen LogP contribution is 2.22. The van der Waals surface area contributed by atoms with Crippen molar-refractivity contribution in [2.45, 2.75) is 43.4 Å². The fraction of sp³-hybridized carbons (Fsp3) is 0.923. The Morgan fingerprint density at radius 3 is 2.65 bits per heavy atom. The predicted octanol–water partition coefficient (Wildman–Crippen LogP) is -0.473. The van der Waals surface area contributed by atoms with Gasteiger partial charge in [0.15, 0.2) is 9.84 Å². The summed E-state index contributed by atoms with van der Waals surface area (Å²) in [7, 11) is -3.31. The summed E-state index contributed by atoms with van der Waals surface area (Å²) in [5, 5.41) is 11.5. The van der Waals surface area contributed by atoms with Crippen molar-refractivity contribution >= 4 is 15.7 Å². The van der Waals surface area contributed by atoms with E-state index in [1.54, 1.807) is 0 Å². The van der Waals surface area contributed by atoms with Gasteiger partial charge < -0.3 is 15.3 Å². The van der Waals surface area contributed by atoms with Crippen LogP contribution in [0.2, 0.25) is 0 Å². The number of aliphatic hydroxyl groups is 1. The molecule has 6 nitrogen and oxygen atoms in total. The molecule has 2 aliphatic rings. The van der Waals surface area contributed by atoms with Crippen LogP contribution in [0, 0.1) is 0 Å². The molecule has 2 atom stereocenters. The lowest BCUT2D eigenvalue weighted by Crippen LogP contribution is -2.49. The van der Waals surface area contributed by atoms with Crippen LogP contribution in [0.25, 0.3) is 0 Å². The molecule has 2 fully saturated rings. The molecule has 0 spiro atoms. The number of carbonyl (C=O) groups is 1. The summed E-state index contributed by atoms with van der Waals surface area (Å²) in [6.45, 7) is 1.51. The Morgan fingerprint density at radius 1 is 1.25 bits per heavy atom. The number of nitrogens with zero attached hydrogens (tertiary/aromatic N) is 1. The van der Waals surface area contributed by atoms with Crippen molar-refractivity contribution in [1.29, 1.82) is 0 Å². The van der Waals surface area contributed by atoms with Gasteiger partial charge in [-0.1, -0.05) is 6.42 Å². The van der Waals surface area contributed by atoms with Gasteiger partial charge in [-0.05, 0) is 32.2 Å². The van der Waals surface area contributed by atoms with E-state index in [4.69, 9.17) is 5.11 Å². The quantitative estimate of drug-likeness (QED) is 0.717. The molecule has 2 unspecified atom stereocenters. The first-order chi connectivity index (χ1) is 9.54. The van der Waals surface area contributed by atoms with E-state index in [9.17, 15) is 13.2 Å². The summed E-state index contributed by atoms with van der Waals surface area (Å²) in [6.07, 6.45) is 3.92. The number of aliphatic hydroxyl groups excluding tert-OH is 1. The van der Waals surface area contributed by atoms with Crippen LogP contribution in [0.1, 0.15) is 32.1 Å². The molecule has 2 rings (SSSR count). The maximum Gasteiger partial charge on any atom is 0.241 e. The van der Waals surface area contributed by atoms with Gasteiger partial charge in [0.05, 0.1) is 12.4 Å². The molecule has 0 radical (unpaired) electrons. The van der Waals surface area contributed by atoms with Gasteiger partial charge in [0, 0.05) is 19.1 Å². The van der Waals surface area contributed by atoms with Crippen molar-refractivity contribution in [3.63, 3.8) is 0 Å². The first kappa shape index (κ1) is 15.7. The minimum absolute atomic E-state index is 0.109. The number of amides is 1. The maximum atomic E-state index is 12.5. The molecule has 20 heavy (non-hydrogen) atoms. The van der Waals surface area contributed by atoms with E-state index in [0.29, 0.717) is 19.4 Å². The second kappa shape index (κ2) is 6.87. The first-order valence-electron chi connectivity index (χ1n) is 7.39. The lowest BCUT2D eigenvalue weighted by Gasteiger charge is -2.30. The third-order valence-electron chi connectivity index (χ3n) is 4.14. The fourth-order valence-corrected chi connectivity index (χ4v) is 4.90. The van der Waals surface area contributed by atoms with Gasteiger partial charge in [-0.3, -0.25) is 4.79 Å². The van der Waals surface area contributed by atoms with Crippen LogP contribution in [-0.4, -0.2) is 67.6 Å². The molecule has 2 saturated heterocycles. The summed E-state index contributed by atoms with van der Waals surface area (Å²) in [5.74, 6) is -0.217. The molecule has 7 heteroatoms. The molecule has 2 heterocycles. The normalized spacial score (nSPS) is 29.2. The van der Waals surface area contributed by atoms with Crippen LogP contribution in [-0.2, 0) is 14.6 Å². The van der Waals surface area contributed by atoms with E-state index >= 15 is 0 Å². The van der Waals surface area contributed by atoms with E-state index in [1.165, 1.54) is 4.90 Å². The fourth-order valence-electron chi connectivity index (χ4n) is 3.03. The largest absolute Gasteiger partial charge is 0.395 e. The highest BCUT2D eigenvalue weighted by Gasteiger charge is 2.37. The summed E-state index contributed by atoms with van der Waals surface area (Å²) in [4.78, 5) is 14.0. The molecule has 0 saturated carbocycles. The van der Waals surface area contributed by atoms with E-state index in [2.05, 4.69) is 5.32 Å². The molecule has 0 aromatic carbocycles. The van der Waals surface area contributed by atoms with Gasteiger partial charge in [-0.2, -0.15) is 0 Å². The van der Waals surface area contributed by atoms with Crippen molar-refractivity contribution in [1.82, 2.24) is 10.2 Å². The number of hydrogen-bond donors (Lipinski definition) is 2. The van der Waals surface area contributed by atoms with Gasteiger partial charge in [-0.15, -0.1) is 0 Å². The third kappa shape index (κ3) is 3.71. The van der Waals surface area contributed by atoms with Crippen LogP contribution < -0.4 is 5.32 Å². The van der Waals surface area contributed by atoms with E-state index in [-0.39, 0.29) is 30.9 Å². The van der Waals surface area contributed by atoms with Gasteiger partial charge >= 0.3 is 0 Å². The first-order valence-corrected chi connectivity index (χ1v) is 9.11. The monoisotopic (exact) mass is 304 g/mol. The van der Waals surface area contributed by atoms with E-state index in [1.807, 2.05) is 0 Å². The zero-order valence-electron chi connectivity index (χ0n) is 11.8. The number of hydrogen-bond acceptors (Lipinski definition) is 5. The summed E-state index contributed by atoms with van der Waals surface area (Å²) < 4.78 is 24.1. The van der Waals surface area contributed by atoms with Gasteiger partial charge in [0.2, 0.25) is 5.91 Å². The SMILES string of the molecule is O=C(C1CCCCS1(=O)=O)N(CCO)CC1CCCN1. The van der Waals surface area contributed by atoms with E-state index < -0.39 is 15.1 Å². The molecule has 2 aliphatic heterocycles. The van der Waals surface area contributed by atoms with Crippen LogP contribution in [0.15, 0.2) is 0 Å². The van der Waals surface area contributed by atoms with Crippen molar-refractivity contribution < 1.29 is 18.3 Å². The predicted molar refractivity (Wildman–Crippen MR) is 76.1 cm³/mol. The zero-order chi connectivity index (χ0) is 14.6. The Kier molecular flexibility index (Phi) is 5.40. The van der Waals surface area contributed by atoms with Gasteiger partial charge in [0.1, 0.15) is 5.25 Å². The standard InChI is InChI=1S/C13H24N2O4S/c16-8-7-15(10-11-4-3-6-14-11)13(17)12-5-1-2-9-20(12,18)19/h11-12,14,16H,1-10H2. The van der Waals surface area contributed by atoms with E-state index in [0.717, 1.165) is 25.8 Å². The van der Waals surface area contributed by atoms with Crippen LogP contribution in [0.5, 0.6) is 0 Å². The molecular formula is C13H24N2O4S. The summed E-state index contributed by atoms with van der Waals surface area (Å²) in [6, 6.07) is 0.219. The molecule has 0 aromatic rings. The average Bonchev–Trinajstić information content (AvgIpc) is 2.90. The maximum absolute atomic E-state index is 12.5. The molecule has 2 N–H and O–H groups in total. The van der Waals surface area contributed by atoms with Crippen molar-refractivity contribution in [2.75, 3.05) is 32.0 Å². The Bertz CT molecular complexity index is 432. The smallest absolute Gasteiger partial charge is 0.241 e. The van der Waals surface area contributed by atoms with Crippen molar-refractivity contribution in [3.8, 4) is 0 Å². The van der Waals surface area contributed by atoms with Gasteiger partial charge in [0.25, 0.3) is 0 Å². The molecule has 0 aliphatic carbocycles. The Hall–Kier alpha value is -0.660. The van der Waals surface area contributed by atoms with Crippen LogP contribution >= 0.6 is 0 Å². The Morgan fingerprint density at radius 2 is 2.05 bits per heavy atom. The molecule has 0 bridgehead atoms. The highest BCUT2D eigenvalue weighted by molar-refractivity contribution is 7.92. The molecule has 0 aromatic heterocycles. The topological polar surface area (TPSA) is 86.7 Å². The Labute approximate surface area is 120 Å². The lowest BCUT2D eigenvalue weighted by atomic mass is 10.1. The summed E-state index contributed by atoms with van der Waals surface area (Å²) in [5.41, 5.74) is 0. The second-order valence-electron chi connectivity index (χ2n) is 5.65. The zero-order valence-corrected chi connectivity index (χ0v) is 12.6. The highest BCUT2D eigenvalue weighted by atomic mass is 32.2. The van der Waals surface area contributed by atoms with Crippen LogP contribution in [0.3, 0.4) is 0 Å². The minimum atomic E-state index is -3.31. The molecule has 1 amide bonds. The van der Waals surface area contributed by atoms with Crippen molar-refractivity contribution in [2.24, 2.45) is 0 Å². The molecular weight excluding hydrogens is 280 g/mol. The van der Waals surface area contributed by atoms with Crippen LogP contribution in [0.4, 0.5) is 0 Å². The van der Waals surface area contributed by atoms with Gasteiger partial charge in [-0.25, -0.2) is 8.42 Å². The summed E-state index contributed by atoms with van der Waals surface area (Å²) >= 11 is 0. The lowest BCUT2D eigenvalue weighted by molar-refractivity contribution is -0.131. The second-order valence-corrected chi connectivity index (χ2v) is 7.96. The minimum Gasteiger partial charge on any atom is -0.395 e.